The first-order valence-electron chi connectivity index (χ1n) is 15.5. The predicted molar refractivity (Wildman–Crippen MR) is 189 cm³/mol. The van der Waals surface area contributed by atoms with Crippen molar-refractivity contribution in [2.24, 2.45) is 0 Å². The number of pyridine rings is 1. The van der Waals surface area contributed by atoms with Crippen LogP contribution in [0.2, 0.25) is 0 Å². The van der Waals surface area contributed by atoms with Gasteiger partial charge in [0.1, 0.15) is 5.65 Å². The molecule has 0 spiro atoms. The van der Waals surface area contributed by atoms with Crippen LogP contribution in [0.1, 0.15) is 0 Å². The third-order valence-electron chi connectivity index (χ3n) is 9.11. The SMILES string of the molecule is c1ccc(-c2nc(-c3ccc(-n4c5ccccc5c5ccccc54)cc3)nc3c2c2ccccc2c2nc4ccccc4n23)cc1. The van der Waals surface area contributed by atoms with Crippen LogP contribution in [0.4, 0.5) is 0 Å². The van der Waals surface area contributed by atoms with Gasteiger partial charge in [-0.15, -0.1) is 0 Å². The summed E-state index contributed by atoms with van der Waals surface area (Å²) < 4.78 is 4.54. The molecule has 0 amide bonds. The molecule has 0 aliphatic rings. The van der Waals surface area contributed by atoms with E-state index in [2.05, 4.69) is 148 Å². The molecule has 0 atom stereocenters. The van der Waals surface area contributed by atoms with Gasteiger partial charge in [-0.2, -0.15) is 0 Å². The van der Waals surface area contributed by atoms with E-state index < -0.39 is 0 Å². The second-order valence-corrected chi connectivity index (χ2v) is 11.7. The first-order valence-corrected chi connectivity index (χ1v) is 15.5. The number of imidazole rings is 1. The van der Waals surface area contributed by atoms with E-state index in [1.807, 2.05) is 12.1 Å². The van der Waals surface area contributed by atoms with Gasteiger partial charge in [0.25, 0.3) is 0 Å². The van der Waals surface area contributed by atoms with Gasteiger partial charge >= 0.3 is 0 Å². The Morgan fingerprint density at radius 2 is 0.978 bits per heavy atom. The highest BCUT2D eigenvalue weighted by Gasteiger charge is 2.20. The number of hydrogen-bond acceptors (Lipinski definition) is 3. The molecule has 6 aromatic carbocycles. The average Bonchev–Trinajstić information content (AvgIpc) is 3.69. The van der Waals surface area contributed by atoms with Gasteiger partial charge in [0.15, 0.2) is 11.5 Å². The molecule has 0 radical (unpaired) electrons. The van der Waals surface area contributed by atoms with Crippen molar-refractivity contribution in [3.05, 3.63) is 152 Å². The maximum absolute atomic E-state index is 5.33. The van der Waals surface area contributed by atoms with Gasteiger partial charge in [0.05, 0.1) is 33.1 Å². The molecule has 0 N–H and O–H groups in total. The fourth-order valence-electron chi connectivity index (χ4n) is 7.07. The number of rotatable bonds is 3. The second kappa shape index (κ2) is 9.58. The minimum absolute atomic E-state index is 0.675. The molecule has 46 heavy (non-hydrogen) atoms. The topological polar surface area (TPSA) is 48.0 Å². The van der Waals surface area contributed by atoms with Gasteiger partial charge in [-0.25, -0.2) is 15.0 Å². The molecule has 0 saturated carbocycles. The van der Waals surface area contributed by atoms with Crippen molar-refractivity contribution in [1.29, 1.82) is 0 Å². The van der Waals surface area contributed by atoms with E-state index in [0.29, 0.717) is 5.82 Å². The van der Waals surface area contributed by atoms with Crippen molar-refractivity contribution < 1.29 is 0 Å². The predicted octanol–water partition coefficient (Wildman–Crippen LogP) is 10.0. The van der Waals surface area contributed by atoms with E-state index in [4.69, 9.17) is 15.0 Å². The molecule has 0 bridgehead atoms. The van der Waals surface area contributed by atoms with Crippen LogP contribution in [0, 0.1) is 0 Å². The van der Waals surface area contributed by atoms with Gasteiger partial charge in [0, 0.05) is 33.0 Å². The maximum atomic E-state index is 5.33. The summed E-state index contributed by atoms with van der Waals surface area (Å²) in [5.41, 5.74) is 10.1. The number of nitrogens with zero attached hydrogens (tertiary/aromatic N) is 5. The fourth-order valence-corrected chi connectivity index (χ4v) is 7.07. The summed E-state index contributed by atoms with van der Waals surface area (Å²) in [6.45, 7) is 0. The number of aromatic nitrogens is 5. The largest absolute Gasteiger partial charge is 0.309 e. The highest BCUT2D eigenvalue weighted by Crippen LogP contribution is 2.38. The zero-order valence-electron chi connectivity index (χ0n) is 24.7. The van der Waals surface area contributed by atoms with Gasteiger partial charge in [-0.3, -0.25) is 4.40 Å². The van der Waals surface area contributed by atoms with Crippen LogP contribution in [0.3, 0.4) is 0 Å². The summed E-state index contributed by atoms with van der Waals surface area (Å²) in [4.78, 5) is 15.7. The van der Waals surface area contributed by atoms with Crippen LogP contribution in [-0.2, 0) is 0 Å². The quantitative estimate of drug-likeness (QED) is 0.193. The van der Waals surface area contributed by atoms with Crippen LogP contribution in [-0.4, -0.2) is 23.9 Å². The van der Waals surface area contributed by atoms with E-state index in [1.54, 1.807) is 0 Å². The molecule has 5 nitrogen and oxygen atoms in total. The van der Waals surface area contributed by atoms with Gasteiger partial charge in [-0.1, -0.05) is 103 Å². The second-order valence-electron chi connectivity index (χ2n) is 11.7. The third kappa shape index (κ3) is 3.54. The van der Waals surface area contributed by atoms with Gasteiger partial charge in [0.2, 0.25) is 0 Å². The summed E-state index contributed by atoms with van der Waals surface area (Å²) >= 11 is 0. The van der Waals surface area contributed by atoms with Gasteiger partial charge < -0.3 is 4.57 Å². The van der Waals surface area contributed by atoms with Crippen molar-refractivity contribution in [3.63, 3.8) is 0 Å². The zero-order chi connectivity index (χ0) is 30.2. The monoisotopic (exact) mass is 587 g/mol. The molecule has 5 heteroatoms. The average molecular weight is 588 g/mol. The maximum Gasteiger partial charge on any atom is 0.162 e. The minimum atomic E-state index is 0.675. The molecule has 10 rings (SSSR count). The molecule has 0 aliphatic heterocycles. The Labute approximate surface area is 263 Å². The van der Waals surface area contributed by atoms with E-state index in [0.717, 1.165) is 61.0 Å². The van der Waals surface area contributed by atoms with Crippen LogP contribution < -0.4 is 0 Å². The first-order chi connectivity index (χ1) is 22.8. The number of hydrogen-bond donors (Lipinski definition) is 0. The smallest absolute Gasteiger partial charge is 0.162 e. The van der Waals surface area contributed by atoms with Gasteiger partial charge in [-0.05, 0) is 53.9 Å². The van der Waals surface area contributed by atoms with E-state index in [-0.39, 0.29) is 0 Å². The lowest BCUT2D eigenvalue weighted by atomic mass is 10.0. The molecular weight excluding hydrogens is 562 g/mol. The van der Waals surface area contributed by atoms with E-state index >= 15 is 0 Å². The number of para-hydroxylation sites is 4. The standard InChI is InChI=1S/C41H25N5/c1-2-12-26(13-3-1)38-37-31-16-4-5-17-32(31)40-42-33-18-8-11-21-36(33)46(40)41(37)44-39(43-38)27-22-24-28(25-23-27)45-34-19-9-6-14-29(34)30-15-7-10-20-35(30)45/h1-25H. The lowest BCUT2D eigenvalue weighted by molar-refractivity contribution is 1.16. The summed E-state index contributed by atoms with van der Waals surface area (Å²) in [5, 5.41) is 5.68. The highest BCUT2D eigenvalue weighted by molar-refractivity contribution is 6.17. The molecule has 4 aromatic heterocycles. The molecule has 214 valence electrons. The minimum Gasteiger partial charge on any atom is -0.309 e. The molecule has 10 aromatic rings. The molecular formula is C41H25N5. The number of fused-ring (bicyclic) bond motifs is 11. The highest BCUT2D eigenvalue weighted by atomic mass is 15.1. The van der Waals surface area contributed by atoms with Crippen molar-refractivity contribution >= 4 is 60.3 Å². The lowest BCUT2D eigenvalue weighted by Gasteiger charge is -2.14. The Morgan fingerprint density at radius 3 is 1.70 bits per heavy atom. The van der Waals surface area contributed by atoms with Crippen molar-refractivity contribution in [2.45, 2.75) is 0 Å². The molecule has 4 heterocycles. The van der Waals surface area contributed by atoms with Crippen LogP contribution in [0.5, 0.6) is 0 Å². The summed E-state index contributed by atoms with van der Waals surface area (Å²) in [6, 6.07) is 53.0. The van der Waals surface area contributed by atoms with Crippen LogP contribution in [0.15, 0.2) is 152 Å². The molecule has 0 saturated heterocycles. The van der Waals surface area contributed by atoms with Crippen LogP contribution >= 0.6 is 0 Å². The lowest BCUT2D eigenvalue weighted by Crippen LogP contribution is -2.01. The summed E-state index contributed by atoms with van der Waals surface area (Å²) in [7, 11) is 0. The zero-order valence-corrected chi connectivity index (χ0v) is 24.7. The molecule has 0 fully saturated rings. The van der Waals surface area contributed by atoms with E-state index in [9.17, 15) is 0 Å². The molecule has 0 aliphatic carbocycles. The van der Waals surface area contributed by atoms with Crippen molar-refractivity contribution in [2.75, 3.05) is 0 Å². The Morgan fingerprint density at radius 1 is 0.391 bits per heavy atom. The summed E-state index contributed by atoms with van der Waals surface area (Å²) in [5.74, 6) is 0.675. The number of benzene rings is 6. The fraction of sp³-hybridized carbons (Fsp3) is 0. The third-order valence-corrected chi connectivity index (χ3v) is 9.11. The van der Waals surface area contributed by atoms with E-state index in [1.165, 1.54) is 21.8 Å². The normalized spacial score (nSPS) is 11.9. The Balaban J connectivity index is 1.26. The Bertz CT molecular complexity index is 2740. The first kappa shape index (κ1) is 25.0. The van der Waals surface area contributed by atoms with Crippen molar-refractivity contribution in [3.8, 4) is 28.3 Å². The Hall–Kier alpha value is -6.33. The summed E-state index contributed by atoms with van der Waals surface area (Å²) in [6.07, 6.45) is 0. The Kier molecular flexibility index (Phi) is 5.22. The molecule has 0 unspecified atom stereocenters. The van der Waals surface area contributed by atoms with Crippen LogP contribution in [0.25, 0.3) is 88.6 Å². The van der Waals surface area contributed by atoms with Crippen molar-refractivity contribution in [1.82, 2.24) is 23.9 Å².